The van der Waals surface area contributed by atoms with E-state index in [0.29, 0.717) is 36.2 Å². The number of hydrogen-bond acceptors (Lipinski definition) is 4. The van der Waals surface area contributed by atoms with Gasteiger partial charge in [0.15, 0.2) is 0 Å². The fraction of sp³-hybridized carbons (Fsp3) is 0.533. The lowest BCUT2D eigenvalue weighted by molar-refractivity contribution is -0.132. The highest BCUT2D eigenvalue weighted by Gasteiger charge is 2.41. The van der Waals surface area contributed by atoms with Crippen LogP contribution in [0.4, 0.5) is 0 Å². The summed E-state index contributed by atoms with van der Waals surface area (Å²) in [5, 5.41) is 0. The van der Waals surface area contributed by atoms with Crippen molar-refractivity contribution in [3.05, 3.63) is 22.7 Å². The molecule has 128 valence electrons. The van der Waals surface area contributed by atoms with Crippen LogP contribution in [0.5, 0.6) is 5.75 Å². The molecule has 23 heavy (non-hydrogen) atoms. The number of ether oxygens (including phenoxy) is 1. The fourth-order valence-corrected chi connectivity index (χ4v) is 4.98. The SMILES string of the molecule is CCOc1ccc(Br)cc1S(=O)(=O)N1CCCC1C(=O)N(C)C. The van der Waals surface area contributed by atoms with Crippen LogP contribution in [0.15, 0.2) is 27.6 Å². The molecule has 1 saturated heterocycles. The Bertz CT molecular complexity index is 691. The van der Waals surface area contributed by atoms with Gasteiger partial charge >= 0.3 is 0 Å². The van der Waals surface area contributed by atoms with E-state index >= 15 is 0 Å². The van der Waals surface area contributed by atoms with Crippen LogP contribution in [0.25, 0.3) is 0 Å². The molecule has 1 fully saturated rings. The smallest absolute Gasteiger partial charge is 0.247 e. The first-order valence-electron chi connectivity index (χ1n) is 7.44. The fourth-order valence-electron chi connectivity index (χ4n) is 2.66. The Balaban J connectivity index is 2.45. The number of benzene rings is 1. The summed E-state index contributed by atoms with van der Waals surface area (Å²) in [5.41, 5.74) is 0. The van der Waals surface area contributed by atoms with Gasteiger partial charge in [0.1, 0.15) is 16.7 Å². The van der Waals surface area contributed by atoms with Crippen LogP contribution in [-0.4, -0.2) is 56.8 Å². The minimum Gasteiger partial charge on any atom is -0.492 e. The van der Waals surface area contributed by atoms with Gasteiger partial charge in [-0.3, -0.25) is 4.79 Å². The lowest BCUT2D eigenvalue weighted by atomic mass is 10.2. The Labute approximate surface area is 145 Å². The topological polar surface area (TPSA) is 66.9 Å². The van der Waals surface area contributed by atoms with Crippen molar-refractivity contribution in [1.82, 2.24) is 9.21 Å². The van der Waals surface area contributed by atoms with Crippen LogP contribution >= 0.6 is 15.9 Å². The van der Waals surface area contributed by atoms with Gasteiger partial charge in [0.25, 0.3) is 0 Å². The summed E-state index contributed by atoms with van der Waals surface area (Å²) < 4.78 is 33.5. The first kappa shape index (κ1) is 18.2. The molecular formula is C15H21BrN2O4S. The second-order valence-corrected chi connectivity index (χ2v) is 8.31. The van der Waals surface area contributed by atoms with Crippen LogP contribution < -0.4 is 4.74 Å². The summed E-state index contributed by atoms with van der Waals surface area (Å²) in [6, 6.07) is 4.23. The third-order valence-electron chi connectivity index (χ3n) is 3.72. The van der Waals surface area contributed by atoms with Crippen LogP contribution in [0.3, 0.4) is 0 Å². The Morgan fingerprint density at radius 1 is 1.43 bits per heavy atom. The molecular weight excluding hydrogens is 384 g/mol. The maximum absolute atomic E-state index is 13.1. The van der Waals surface area contributed by atoms with Crippen molar-refractivity contribution in [3.8, 4) is 5.75 Å². The molecule has 1 aromatic rings. The highest BCUT2D eigenvalue weighted by molar-refractivity contribution is 9.10. The van der Waals surface area contributed by atoms with Gasteiger partial charge < -0.3 is 9.64 Å². The largest absolute Gasteiger partial charge is 0.492 e. The number of halogens is 1. The van der Waals surface area contributed by atoms with E-state index < -0.39 is 16.1 Å². The number of rotatable bonds is 5. The average molecular weight is 405 g/mol. The highest BCUT2D eigenvalue weighted by atomic mass is 79.9. The first-order valence-corrected chi connectivity index (χ1v) is 9.67. The van der Waals surface area contributed by atoms with Gasteiger partial charge in [-0.05, 0) is 38.0 Å². The Morgan fingerprint density at radius 2 is 2.13 bits per heavy atom. The highest BCUT2D eigenvalue weighted by Crippen LogP contribution is 2.34. The molecule has 1 aliphatic rings. The van der Waals surface area contributed by atoms with Crippen LogP contribution in [0, 0.1) is 0 Å². The van der Waals surface area contributed by atoms with Crippen molar-refractivity contribution < 1.29 is 17.9 Å². The van der Waals surface area contributed by atoms with Crippen molar-refractivity contribution in [1.29, 1.82) is 0 Å². The number of carbonyl (C=O) groups excluding carboxylic acids is 1. The summed E-state index contributed by atoms with van der Waals surface area (Å²) in [4.78, 5) is 13.8. The van der Waals surface area contributed by atoms with Gasteiger partial charge in [0, 0.05) is 25.1 Å². The van der Waals surface area contributed by atoms with Crippen LogP contribution in [0.1, 0.15) is 19.8 Å². The monoisotopic (exact) mass is 404 g/mol. The lowest BCUT2D eigenvalue weighted by Crippen LogP contribution is -2.45. The van der Waals surface area contributed by atoms with Gasteiger partial charge in [-0.15, -0.1) is 0 Å². The van der Waals surface area contributed by atoms with E-state index in [1.54, 1.807) is 33.2 Å². The van der Waals surface area contributed by atoms with Crippen molar-refractivity contribution in [2.45, 2.75) is 30.7 Å². The molecule has 0 aliphatic carbocycles. The molecule has 0 radical (unpaired) electrons. The number of sulfonamides is 1. The van der Waals surface area contributed by atoms with E-state index in [0.717, 1.165) is 0 Å². The summed E-state index contributed by atoms with van der Waals surface area (Å²) in [6.07, 6.45) is 1.20. The molecule has 1 atom stereocenters. The molecule has 0 N–H and O–H groups in total. The number of likely N-dealkylation sites (N-methyl/N-ethyl adjacent to an activating group) is 1. The molecule has 1 heterocycles. The molecule has 2 rings (SSSR count). The van der Waals surface area contributed by atoms with Gasteiger partial charge in [0.05, 0.1) is 6.61 Å². The van der Waals surface area contributed by atoms with Crippen LogP contribution in [0.2, 0.25) is 0 Å². The van der Waals surface area contributed by atoms with E-state index in [1.165, 1.54) is 15.3 Å². The molecule has 6 nitrogen and oxygen atoms in total. The summed E-state index contributed by atoms with van der Waals surface area (Å²) in [5.74, 6) is 0.109. The maximum atomic E-state index is 13.1. The predicted molar refractivity (Wildman–Crippen MR) is 90.9 cm³/mol. The minimum atomic E-state index is -3.81. The molecule has 0 spiro atoms. The van der Waals surface area contributed by atoms with E-state index in [2.05, 4.69) is 15.9 Å². The zero-order valence-corrected chi connectivity index (χ0v) is 15.9. The Kier molecular flexibility index (Phi) is 5.70. The quantitative estimate of drug-likeness (QED) is 0.753. The second-order valence-electron chi connectivity index (χ2n) is 5.53. The Hall–Kier alpha value is -1.12. The van der Waals surface area contributed by atoms with Crippen molar-refractivity contribution in [2.24, 2.45) is 0 Å². The predicted octanol–water partition coefficient (Wildman–Crippen LogP) is 2.09. The third-order valence-corrected chi connectivity index (χ3v) is 6.14. The lowest BCUT2D eigenvalue weighted by Gasteiger charge is -2.26. The number of nitrogens with zero attached hydrogens (tertiary/aromatic N) is 2. The van der Waals surface area contributed by atoms with E-state index in [4.69, 9.17) is 4.74 Å². The summed E-state index contributed by atoms with van der Waals surface area (Å²) in [6.45, 7) is 2.50. The van der Waals surface area contributed by atoms with E-state index in [-0.39, 0.29) is 10.8 Å². The zero-order chi connectivity index (χ0) is 17.2. The van der Waals surface area contributed by atoms with E-state index in [9.17, 15) is 13.2 Å². The summed E-state index contributed by atoms with van der Waals surface area (Å²) >= 11 is 3.30. The van der Waals surface area contributed by atoms with Crippen LogP contribution in [-0.2, 0) is 14.8 Å². The maximum Gasteiger partial charge on any atom is 0.247 e. The van der Waals surface area contributed by atoms with Gasteiger partial charge in [-0.25, -0.2) is 8.42 Å². The number of amides is 1. The molecule has 0 bridgehead atoms. The minimum absolute atomic E-state index is 0.0900. The second kappa shape index (κ2) is 7.19. The van der Waals surface area contributed by atoms with Gasteiger partial charge in [0.2, 0.25) is 15.9 Å². The third kappa shape index (κ3) is 3.70. The van der Waals surface area contributed by atoms with Crippen molar-refractivity contribution in [3.63, 3.8) is 0 Å². The van der Waals surface area contributed by atoms with Gasteiger partial charge in [-0.2, -0.15) is 4.31 Å². The normalized spacial score (nSPS) is 18.9. The molecule has 0 aromatic heterocycles. The standard InChI is InChI=1S/C15H21BrN2O4S/c1-4-22-13-8-7-11(16)10-14(13)23(20,21)18-9-5-6-12(18)15(19)17(2)3/h7-8,10,12H,4-6,9H2,1-3H3. The van der Waals surface area contributed by atoms with Gasteiger partial charge in [-0.1, -0.05) is 15.9 Å². The summed E-state index contributed by atoms with van der Waals surface area (Å²) in [7, 11) is -0.541. The molecule has 1 aliphatic heterocycles. The molecule has 8 heteroatoms. The molecule has 1 amide bonds. The number of hydrogen-bond donors (Lipinski definition) is 0. The molecule has 1 unspecified atom stereocenters. The average Bonchev–Trinajstić information content (AvgIpc) is 2.98. The van der Waals surface area contributed by atoms with E-state index in [1.807, 2.05) is 0 Å². The zero-order valence-electron chi connectivity index (χ0n) is 13.5. The molecule has 0 saturated carbocycles. The number of carbonyl (C=O) groups is 1. The molecule has 1 aromatic carbocycles. The Morgan fingerprint density at radius 3 is 2.74 bits per heavy atom. The van der Waals surface area contributed by atoms with Crippen molar-refractivity contribution >= 4 is 31.9 Å². The van der Waals surface area contributed by atoms with Crippen molar-refractivity contribution in [2.75, 3.05) is 27.2 Å². The first-order chi connectivity index (χ1) is 10.8.